The van der Waals surface area contributed by atoms with Crippen molar-refractivity contribution >= 4 is 19.8 Å². The van der Waals surface area contributed by atoms with Gasteiger partial charge in [0.15, 0.2) is 6.10 Å². The summed E-state index contributed by atoms with van der Waals surface area (Å²) in [5.74, 6) is -1.15. The van der Waals surface area contributed by atoms with Crippen LogP contribution in [0.15, 0.2) is 97.2 Å². The highest BCUT2D eigenvalue weighted by Gasteiger charge is 2.51. The van der Waals surface area contributed by atoms with Crippen molar-refractivity contribution < 1.29 is 63.1 Å². The summed E-state index contributed by atoms with van der Waals surface area (Å²) in [6.45, 7) is 3.00. The molecule has 0 saturated heterocycles. The molecule has 0 radical (unpaired) electrons. The Labute approximate surface area is 383 Å². The van der Waals surface area contributed by atoms with Crippen molar-refractivity contribution in [2.45, 2.75) is 191 Å². The number of unbranched alkanes of at least 4 members (excludes halogenated alkanes) is 11. The number of phosphoric acid groups is 1. The predicted molar refractivity (Wildman–Crippen MR) is 253 cm³/mol. The quantitative estimate of drug-likeness (QED) is 0.0113. The second-order valence-corrected chi connectivity index (χ2v) is 17.3. The van der Waals surface area contributed by atoms with E-state index in [9.17, 15) is 44.6 Å². The SMILES string of the molecule is CC/C=C/C=C/C=C/CCCCCCCC(=O)OC(COC(=O)CCCCCCCC/C=C/C/C=C/C/C=C/C/C=C/C/C=C/CC)COP(=O)(O)OC1C(O)C(O)C(O)[C@H](O)C1O. The average Bonchev–Trinajstić information content (AvgIpc) is 3.28. The fourth-order valence-electron chi connectivity index (χ4n) is 6.49. The van der Waals surface area contributed by atoms with Crippen LogP contribution in [0.2, 0.25) is 0 Å². The van der Waals surface area contributed by atoms with Crippen molar-refractivity contribution in [2.24, 2.45) is 0 Å². The number of aliphatic hydroxyl groups is 5. The van der Waals surface area contributed by atoms with Gasteiger partial charge in [0.05, 0.1) is 6.61 Å². The molecule has 8 atom stereocenters. The molecule has 13 nitrogen and oxygen atoms in total. The van der Waals surface area contributed by atoms with Crippen LogP contribution >= 0.6 is 7.82 Å². The first-order valence-electron chi connectivity index (χ1n) is 23.6. The summed E-state index contributed by atoms with van der Waals surface area (Å²) in [5, 5.41) is 50.2. The van der Waals surface area contributed by atoms with Crippen LogP contribution in [0.25, 0.3) is 0 Å². The second-order valence-electron chi connectivity index (χ2n) is 15.9. The molecule has 0 spiro atoms. The van der Waals surface area contributed by atoms with Gasteiger partial charge in [0.1, 0.15) is 43.2 Å². The highest BCUT2D eigenvalue weighted by molar-refractivity contribution is 7.47. The van der Waals surface area contributed by atoms with Crippen LogP contribution in [0.3, 0.4) is 0 Å². The van der Waals surface area contributed by atoms with E-state index in [4.69, 9.17) is 18.5 Å². The number of hydrogen-bond donors (Lipinski definition) is 6. The molecule has 0 heterocycles. The predicted octanol–water partition coefficient (Wildman–Crippen LogP) is 9.44. The lowest BCUT2D eigenvalue weighted by molar-refractivity contribution is -0.220. The lowest BCUT2D eigenvalue weighted by Crippen LogP contribution is -2.64. The van der Waals surface area contributed by atoms with Crippen LogP contribution < -0.4 is 0 Å². The molecule has 6 N–H and O–H groups in total. The largest absolute Gasteiger partial charge is 0.472 e. The summed E-state index contributed by atoms with van der Waals surface area (Å²) in [7, 11) is -5.13. The number of ether oxygens (including phenoxy) is 2. The molecule has 14 heteroatoms. The van der Waals surface area contributed by atoms with Gasteiger partial charge in [-0.2, -0.15) is 0 Å². The minimum atomic E-state index is -5.13. The van der Waals surface area contributed by atoms with Gasteiger partial charge in [-0.15, -0.1) is 0 Å². The van der Waals surface area contributed by atoms with Crippen LogP contribution in [0.5, 0.6) is 0 Å². The monoisotopic (exact) mass is 921 g/mol. The normalized spacial score (nSPS) is 22.4. The highest BCUT2D eigenvalue weighted by atomic mass is 31.2. The number of esters is 2. The van der Waals surface area contributed by atoms with Gasteiger partial charge in [0, 0.05) is 12.8 Å². The molecule has 0 aromatic rings. The molecular weight excluding hydrogens is 840 g/mol. The Hall–Kier alpha value is -3.23. The third-order valence-electron chi connectivity index (χ3n) is 10.2. The lowest BCUT2D eigenvalue weighted by atomic mass is 9.85. The highest BCUT2D eigenvalue weighted by Crippen LogP contribution is 2.47. The maximum absolute atomic E-state index is 12.8. The number of carbonyl (C=O) groups excluding carboxylic acids is 2. The zero-order chi connectivity index (χ0) is 47.1. The number of aliphatic hydroxyl groups excluding tert-OH is 5. The van der Waals surface area contributed by atoms with Crippen molar-refractivity contribution in [1.82, 2.24) is 0 Å². The topological polar surface area (TPSA) is 210 Å². The molecule has 1 rings (SSSR count). The third kappa shape index (κ3) is 30.8. The molecule has 0 amide bonds. The van der Waals surface area contributed by atoms with Crippen LogP contribution in [-0.4, -0.2) is 98.3 Å². The first kappa shape index (κ1) is 58.8. The Kier molecular flexibility index (Phi) is 35.8. The fraction of sp³-hybridized carbons (Fsp3) is 0.640. The van der Waals surface area contributed by atoms with E-state index in [1.54, 1.807) is 0 Å². The van der Waals surface area contributed by atoms with E-state index in [1.807, 2.05) is 24.3 Å². The van der Waals surface area contributed by atoms with Gasteiger partial charge in [-0.3, -0.25) is 18.6 Å². The number of carbonyl (C=O) groups is 2. The maximum atomic E-state index is 12.8. The Bertz CT molecular complexity index is 1480. The lowest BCUT2D eigenvalue weighted by Gasteiger charge is -2.41. The van der Waals surface area contributed by atoms with Gasteiger partial charge in [-0.25, -0.2) is 4.57 Å². The van der Waals surface area contributed by atoms with Crippen LogP contribution in [0.4, 0.5) is 0 Å². The van der Waals surface area contributed by atoms with Crippen LogP contribution in [0.1, 0.15) is 149 Å². The summed E-state index contributed by atoms with van der Waals surface area (Å²) < 4.78 is 33.5. The van der Waals surface area contributed by atoms with Crippen molar-refractivity contribution in [2.75, 3.05) is 13.2 Å². The molecule has 0 aromatic heterocycles. The molecular formula is C50H81O13P. The van der Waals surface area contributed by atoms with Gasteiger partial charge in [-0.05, 0) is 77.0 Å². The zero-order valence-electron chi connectivity index (χ0n) is 38.5. The number of rotatable bonds is 37. The van der Waals surface area contributed by atoms with E-state index >= 15 is 0 Å². The van der Waals surface area contributed by atoms with Crippen molar-refractivity contribution in [3.8, 4) is 0 Å². The summed E-state index contributed by atoms with van der Waals surface area (Å²) in [6, 6.07) is 0. The van der Waals surface area contributed by atoms with Gasteiger partial charge in [-0.1, -0.05) is 156 Å². The molecule has 0 aromatic carbocycles. The Morgan fingerprint density at radius 3 is 1.45 bits per heavy atom. The molecule has 1 fully saturated rings. The van der Waals surface area contributed by atoms with E-state index in [0.29, 0.717) is 12.8 Å². The molecule has 64 heavy (non-hydrogen) atoms. The van der Waals surface area contributed by atoms with Crippen LogP contribution in [0, 0.1) is 0 Å². The van der Waals surface area contributed by atoms with E-state index in [2.05, 4.69) is 86.8 Å². The minimum Gasteiger partial charge on any atom is -0.462 e. The minimum absolute atomic E-state index is 0.0641. The van der Waals surface area contributed by atoms with E-state index in [1.165, 1.54) is 0 Å². The fourth-order valence-corrected chi connectivity index (χ4v) is 7.46. The number of hydrogen-bond acceptors (Lipinski definition) is 12. The first-order valence-corrected chi connectivity index (χ1v) is 25.1. The van der Waals surface area contributed by atoms with Crippen molar-refractivity contribution in [1.29, 1.82) is 0 Å². The Balaban J connectivity index is 2.44. The molecule has 364 valence electrons. The zero-order valence-corrected chi connectivity index (χ0v) is 39.4. The Morgan fingerprint density at radius 1 is 0.500 bits per heavy atom. The number of phosphoric ester groups is 1. The second kappa shape index (κ2) is 39.0. The molecule has 0 bridgehead atoms. The van der Waals surface area contributed by atoms with Crippen LogP contribution in [-0.2, 0) is 32.7 Å². The first-order chi connectivity index (χ1) is 30.9. The smallest absolute Gasteiger partial charge is 0.462 e. The van der Waals surface area contributed by atoms with Gasteiger partial charge >= 0.3 is 19.8 Å². The van der Waals surface area contributed by atoms with Crippen molar-refractivity contribution in [3.05, 3.63) is 97.2 Å². The summed E-state index contributed by atoms with van der Waals surface area (Å²) >= 11 is 0. The Morgan fingerprint density at radius 2 is 0.922 bits per heavy atom. The van der Waals surface area contributed by atoms with Crippen molar-refractivity contribution in [3.63, 3.8) is 0 Å². The number of allylic oxidation sites excluding steroid dienone is 16. The van der Waals surface area contributed by atoms with Gasteiger partial charge in [0.2, 0.25) is 0 Å². The van der Waals surface area contributed by atoms with Gasteiger partial charge in [0.25, 0.3) is 0 Å². The standard InChI is InChI=1S/C50H81O13P/c1-3-5-7-9-11-13-15-17-18-19-20-21-22-23-24-25-27-28-30-32-34-36-38-43(51)60-40-42(41-61-64(58,59)63-50-48(56)46(54)45(53)47(55)49(50)57)62-44(52)39-37-35-33-31-29-26-16-14-12-10-8-6-4-2/h5-8,10-14,16-18,20-21,23-24,42,45-50,53-57H,3-4,9,15,19,22,25-41H2,1-2H3,(H,58,59)/b7-5+,8-6+,12-10+,13-11+,16-14+,18-17+,21-20+,24-23+/t42?,45?,46-,47?,48?,49?,50?/m0/s1. The molecule has 1 aliphatic rings. The third-order valence-corrected chi connectivity index (χ3v) is 11.2. The van der Waals surface area contributed by atoms with Gasteiger partial charge < -0.3 is 39.9 Å². The molecule has 0 aliphatic heterocycles. The van der Waals surface area contributed by atoms with E-state index in [0.717, 1.165) is 109 Å². The van der Waals surface area contributed by atoms with E-state index in [-0.39, 0.29) is 12.8 Å². The summed E-state index contributed by atoms with van der Waals surface area (Å²) in [4.78, 5) is 35.7. The average molecular weight is 921 g/mol. The molecule has 1 aliphatic carbocycles. The summed E-state index contributed by atoms with van der Waals surface area (Å²) in [6.07, 6.45) is 38.9. The molecule has 7 unspecified atom stereocenters. The summed E-state index contributed by atoms with van der Waals surface area (Å²) in [5.41, 5.74) is 0. The van der Waals surface area contributed by atoms with E-state index < -0.39 is 75.7 Å². The maximum Gasteiger partial charge on any atom is 0.472 e. The molecule has 1 saturated carbocycles.